The zero-order valence-electron chi connectivity index (χ0n) is 12.9. The summed E-state index contributed by atoms with van der Waals surface area (Å²) in [5.41, 5.74) is -0.543. The maximum atomic E-state index is 12.4. The minimum atomic E-state index is -0.543. The molecule has 112 valence electrons. The highest BCUT2D eigenvalue weighted by molar-refractivity contribution is 5.82. The van der Waals surface area contributed by atoms with E-state index in [0.717, 1.165) is 0 Å². The van der Waals surface area contributed by atoms with E-state index in [4.69, 9.17) is 0 Å². The van der Waals surface area contributed by atoms with Crippen molar-refractivity contribution >= 4 is 11.9 Å². The smallest absolute Gasteiger partial charge is 0.310 e. The van der Waals surface area contributed by atoms with Gasteiger partial charge in [0.1, 0.15) is 0 Å². The van der Waals surface area contributed by atoms with Gasteiger partial charge in [-0.15, -0.1) is 0 Å². The summed E-state index contributed by atoms with van der Waals surface area (Å²) in [5.74, 6) is -0.819. The summed E-state index contributed by atoms with van der Waals surface area (Å²) in [6.07, 6.45) is 0.645. The van der Waals surface area contributed by atoms with Crippen molar-refractivity contribution in [2.24, 2.45) is 11.3 Å². The lowest BCUT2D eigenvalue weighted by Crippen LogP contribution is -2.49. The van der Waals surface area contributed by atoms with Crippen LogP contribution in [-0.4, -0.2) is 48.2 Å². The third-order valence-corrected chi connectivity index (χ3v) is 3.10. The van der Waals surface area contributed by atoms with Crippen LogP contribution in [0.3, 0.4) is 0 Å². The van der Waals surface area contributed by atoms with Crippen LogP contribution in [0, 0.1) is 11.3 Å². The van der Waals surface area contributed by atoms with Gasteiger partial charge in [-0.2, -0.15) is 0 Å². The van der Waals surface area contributed by atoms with Crippen molar-refractivity contribution in [3.8, 4) is 0 Å². The van der Waals surface area contributed by atoms with Gasteiger partial charge in [0.15, 0.2) is 0 Å². The van der Waals surface area contributed by atoms with Crippen LogP contribution in [-0.2, 0) is 14.3 Å². The monoisotopic (exact) mass is 273 g/mol. The molecule has 5 nitrogen and oxygen atoms in total. The highest BCUT2D eigenvalue weighted by Gasteiger charge is 2.33. The number of esters is 1. The first-order valence-corrected chi connectivity index (χ1v) is 6.68. The van der Waals surface area contributed by atoms with Gasteiger partial charge in [-0.05, 0) is 6.42 Å². The molecule has 0 aromatic rings. The molecule has 0 aromatic heterocycles. The first-order valence-electron chi connectivity index (χ1n) is 6.68. The van der Waals surface area contributed by atoms with Crippen molar-refractivity contribution in [1.82, 2.24) is 4.90 Å². The summed E-state index contributed by atoms with van der Waals surface area (Å²) in [5, 5.41) is 9.41. The SMILES string of the molecule is CCC(CO)N(CC(C)C(=O)OC)C(=O)C(C)(C)C. The molecule has 0 aliphatic carbocycles. The average Bonchev–Trinajstić information content (AvgIpc) is 2.35. The summed E-state index contributed by atoms with van der Waals surface area (Å²) in [6.45, 7) is 9.28. The molecule has 0 aromatic carbocycles. The zero-order chi connectivity index (χ0) is 15.2. The Morgan fingerprint density at radius 1 is 1.32 bits per heavy atom. The second-order valence-corrected chi connectivity index (χ2v) is 5.88. The number of carbonyl (C=O) groups excluding carboxylic acids is 2. The summed E-state index contributed by atoms with van der Waals surface area (Å²) in [4.78, 5) is 25.5. The number of ether oxygens (including phenoxy) is 1. The third kappa shape index (κ3) is 5.19. The fraction of sp³-hybridized carbons (Fsp3) is 0.857. The van der Waals surface area contributed by atoms with E-state index in [1.54, 1.807) is 11.8 Å². The summed E-state index contributed by atoms with van der Waals surface area (Å²) in [6, 6.07) is -0.265. The number of aliphatic hydroxyl groups is 1. The van der Waals surface area contributed by atoms with E-state index < -0.39 is 11.3 Å². The fourth-order valence-corrected chi connectivity index (χ4v) is 1.85. The van der Waals surface area contributed by atoms with Gasteiger partial charge in [0.25, 0.3) is 0 Å². The molecule has 2 atom stereocenters. The highest BCUT2D eigenvalue weighted by Crippen LogP contribution is 2.21. The van der Waals surface area contributed by atoms with Crippen molar-refractivity contribution in [3.63, 3.8) is 0 Å². The largest absolute Gasteiger partial charge is 0.469 e. The Balaban J connectivity index is 5.08. The van der Waals surface area contributed by atoms with Gasteiger partial charge >= 0.3 is 5.97 Å². The quantitative estimate of drug-likeness (QED) is 0.744. The number of carbonyl (C=O) groups is 2. The molecule has 0 spiro atoms. The summed E-state index contributed by atoms with van der Waals surface area (Å²) < 4.78 is 4.69. The summed E-state index contributed by atoms with van der Waals surface area (Å²) in [7, 11) is 1.33. The van der Waals surface area contributed by atoms with Crippen LogP contribution in [0.5, 0.6) is 0 Å². The molecule has 0 rings (SSSR count). The number of methoxy groups -OCH3 is 1. The van der Waals surface area contributed by atoms with Gasteiger partial charge in [-0.1, -0.05) is 34.6 Å². The third-order valence-electron chi connectivity index (χ3n) is 3.10. The molecule has 5 heteroatoms. The molecule has 0 aliphatic heterocycles. The molecule has 0 aliphatic rings. The first-order chi connectivity index (χ1) is 8.68. The van der Waals surface area contributed by atoms with Crippen molar-refractivity contribution < 1.29 is 19.4 Å². The molecule has 19 heavy (non-hydrogen) atoms. The summed E-state index contributed by atoms with van der Waals surface area (Å²) >= 11 is 0. The molecular formula is C14H27NO4. The zero-order valence-corrected chi connectivity index (χ0v) is 12.9. The minimum absolute atomic E-state index is 0.0656. The van der Waals surface area contributed by atoms with Crippen molar-refractivity contribution in [1.29, 1.82) is 0 Å². The van der Waals surface area contributed by atoms with Crippen molar-refractivity contribution in [2.75, 3.05) is 20.3 Å². The maximum Gasteiger partial charge on any atom is 0.310 e. The van der Waals surface area contributed by atoms with Gasteiger partial charge in [-0.25, -0.2) is 0 Å². The van der Waals surface area contributed by atoms with Gasteiger partial charge in [0.2, 0.25) is 5.91 Å². The molecule has 2 unspecified atom stereocenters. The Morgan fingerprint density at radius 2 is 1.84 bits per heavy atom. The molecule has 0 radical (unpaired) electrons. The lowest BCUT2D eigenvalue weighted by atomic mass is 9.93. The normalized spacial score (nSPS) is 14.7. The second kappa shape index (κ2) is 7.48. The van der Waals surface area contributed by atoms with Gasteiger partial charge in [-0.3, -0.25) is 9.59 Å². The average molecular weight is 273 g/mol. The predicted molar refractivity (Wildman–Crippen MR) is 73.5 cm³/mol. The van der Waals surface area contributed by atoms with Crippen LogP contribution >= 0.6 is 0 Å². The Kier molecular flexibility index (Phi) is 7.05. The van der Waals surface area contributed by atoms with Gasteiger partial charge in [0.05, 0.1) is 25.7 Å². The Morgan fingerprint density at radius 3 is 2.16 bits per heavy atom. The van der Waals surface area contributed by atoms with Crippen LogP contribution in [0.15, 0.2) is 0 Å². The second-order valence-electron chi connectivity index (χ2n) is 5.88. The number of hydrogen-bond acceptors (Lipinski definition) is 4. The standard InChI is InChI=1S/C14H27NO4/c1-7-11(9-16)15(13(18)14(3,4)5)8-10(2)12(17)19-6/h10-11,16H,7-9H2,1-6H3. The Bertz CT molecular complexity index is 305. The van der Waals surface area contributed by atoms with Crippen LogP contribution in [0.1, 0.15) is 41.0 Å². The maximum absolute atomic E-state index is 12.4. The molecule has 0 saturated carbocycles. The molecule has 0 heterocycles. The van der Waals surface area contributed by atoms with E-state index in [1.807, 2.05) is 27.7 Å². The van der Waals surface area contributed by atoms with E-state index in [2.05, 4.69) is 4.74 Å². The topological polar surface area (TPSA) is 66.8 Å². The van der Waals surface area contributed by atoms with E-state index in [9.17, 15) is 14.7 Å². The van der Waals surface area contributed by atoms with E-state index in [0.29, 0.717) is 6.42 Å². The number of hydrogen-bond donors (Lipinski definition) is 1. The van der Waals surface area contributed by atoms with Crippen molar-refractivity contribution in [2.45, 2.75) is 47.1 Å². The van der Waals surface area contributed by atoms with Crippen LogP contribution in [0.4, 0.5) is 0 Å². The number of rotatable bonds is 6. The van der Waals surface area contributed by atoms with E-state index in [1.165, 1.54) is 7.11 Å². The predicted octanol–water partition coefficient (Wildman–Crippen LogP) is 1.44. The number of aliphatic hydroxyl groups excluding tert-OH is 1. The molecule has 1 N–H and O–H groups in total. The minimum Gasteiger partial charge on any atom is -0.469 e. The lowest BCUT2D eigenvalue weighted by molar-refractivity contribution is -0.150. The van der Waals surface area contributed by atoms with Crippen molar-refractivity contribution in [3.05, 3.63) is 0 Å². The Labute approximate surface area is 115 Å². The van der Waals surface area contributed by atoms with Gasteiger partial charge in [0, 0.05) is 12.0 Å². The van der Waals surface area contributed by atoms with Crippen LogP contribution < -0.4 is 0 Å². The Hall–Kier alpha value is -1.10. The fourth-order valence-electron chi connectivity index (χ4n) is 1.85. The highest BCUT2D eigenvalue weighted by atomic mass is 16.5. The van der Waals surface area contributed by atoms with Gasteiger partial charge < -0.3 is 14.7 Å². The van der Waals surface area contributed by atoms with Crippen LogP contribution in [0.2, 0.25) is 0 Å². The number of amides is 1. The molecule has 0 fully saturated rings. The molecule has 0 bridgehead atoms. The van der Waals surface area contributed by atoms with E-state index in [-0.39, 0.29) is 31.1 Å². The number of nitrogens with zero attached hydrogens (tertiary/aromatic N) is 1. The lowest BCUT2D eigenvalue weighted by Gasteiger charge is -2.36. The molecular weight excluding hydrogens is 246 g/mol. The first kappa shape index (κ1) is 17.9. The molecule has 0 saturated heterocycles. The molecule has 1 amide bonds. The van der Waals surface area contributed by atoms with E-state index >= 15 is 0 Å². The van der Waals surface area contributed by atoms with Crippen LogP contribution in [0.25, 0.3) is 0 Å².